The van der Waals surface area contributed by atoms with Gasteiger partial charge in [-0.15, -0.1) is 0 Å². The van der Waals surface area contributed by atoms with Crippen LogP contribution in [0.4, 0.5) is 4.39 Å². The molecular formula is C11H17FN2S. The summed E-state index contributed by atoms with van der Waals surface area (Å²) < 4.78 is 12.8. The highest BCUT2D eigenvalue weighted by Crippen LogP contribution is 2.04. The summed E-state index contributed by atoms with van der Waals surface area (Å²) in [5, 5.41) is 3.29. The SMILES string of the molecule is CSCC(C)CNCc1cncc(F)c1. The molecule has 0 aliphatic rings. The molecule has 4 heteroatoms. The van der Waals surface area contributed by atoms with Crippen LogP contribution in [0.15, 0.2) is 18.5 Å². The second-order valence-corrected chi connectivity index (χ2v) is 4.61. The summed E-state index contributed by atoms with van der Waals surface area (Å²) >= 11 is 1.85. The molecule has 84 valence electrons. The fourth-order valence-corrected chi connectivity index (χ4v) is 2.05. The number of pyridine rings is 1. The smallest absolute Gasteiger partial charge is 0.141 e. The first-order chi connectivity index (χ1) is 7.22. The average molecular weight is 228 g/mol. The van der Waals surface area contributed by atoms with Crippen LogP contribution >= 0.6 is 11.8 Å². The van der Waals surface area contributed by atoms with Crippen LogP contribution in [-0.2, 0) is 6.54 Å². The number of rotatable bonds is 6. The number of thioether (sulfide) groups is 1. The third kappa shape index (κ3) is 5.14. The van der Waals surface area contributed by atoms with E-state index in [1.54, 1.807) is 6.20 Å². The molecule has 1 N–H and O–H groups in total. The van der Waals surface area contributed by atoms with E-state index in [1.165, 1.54) is 12.3 Å². The fraction of sp³-hybridized carbons (Fsp3) is 0.545. The zero-order chi connectivity index (χ0) is 11.1. The van der Waals surface area contributed by atoms with Gasteiger partial charge < -0.3 is 5.32 Å². The largest absolute Gasteiger partial charge is 0.312 e. The van der Waals surface area contributed by atoms with E-state index in [0.29, 0.717) is 12.5 Å². The molecule has 1 heterocycles. The average Bonchev–Trinajstić information content (AvgIpc) is 2.18. The predicted octanol–water partition coefficient (Wildman–Crippen LogP) is 2.31. The van der Waals surface area contributed by atoms with Crippen LogP contribution in [0.3, 0.4) is 0 Å². The van der Waals surface area contributed by atoms with E-state index >= 15 is 0 Å². The summed E-state index contributed by atoms with van der Waals surface area (Å²) in [5.74, 6) is 1.52. The van der Waals surface area contributed by atoms with E-state index < -0.39 is 0 Å². The summed E-state index contributed by atoms with van der Waals surface area (Å²) in [5.41, 5.74) is 0.895. The molecule has 1 aromatic heterocycles. The Labute approximate surface area is 94.7 Å². The lowest BCUT2D eigenvalue weighted by Gasteiger charge is -2.10. The predicted molar refractivity (Wildman–Crippen MR) is 63.4 cm³/mol. The highest BCUT2D eigenvalue weighted by atomic mass is 32.2. The van der Waals surface area contributed by atoms with Crippen molar-refractivity contribution in [2.24, 2.45) is 5.92 Å². The molecule has 0 bridgehead atoms. The molecule has 0 fully saturated rings. The second-order valence-electron chi connectivity index (χ2n) is 3.70. The first kappa shape index (κ1) is 12.5. The second kappa shape index (κ2) is 6.80. The Morgan fingerprint density at radius 2 is 2.33 bits per heavy atom. The van der Waals surface area contributed by atoms with E-state index in [2.05, 4.69) is 23.5 Å². The Kier molecular flexibility index (Phi) is 5.65. The van der Waals surface area contributed by atoms with Gasteiger partial charge in [-0.1, -0.05) is 6.92 Å². The number of hydrogen-bond donors (Lipinski definition) is 1. The van der Waals surface area contributed by atoms with Crippen LogP contribution in [0.2, 0.25) is 0 Å². The quantitative estimate of drug-likeness (QED) is 0.808. The van der Waals surface area contributed by atoms with Gasteiger partial charge in [0.25, 0.3) is 0 Å². The highest BCUT2D eigenvalue weighted by molar-refractivity contribution is 7.98. The van der Waals surface area contributed by atoms with Gasteiger partial charge in [0.05, 0.1) is 6.20 Å². The van der Waals surface area contributed by atoms with Crippen molar-refractivity contribution in [3.63, 3.8) is 0 Å². The van der Waals surface area contributed by atoms with Crippen LogP contribution in [-0.4, -0.2) is 23.5 Å². The molecule has 0 aliphatic heterocycles. The van der Waals surface area contributed by atoms with Gasteiger partial charge in [-0.25, -0.2) is 4.39 Å². The Morgan fingerprint density at radius 3 is 3.00 bits per heavy atom. The van der Waals surface area contributed by atoms with Crippen LogP contribution in [0.25, 0.3) is 0 Å². The Balaban J connectivity index is 2.25. The maximum Gasteiger partial charge on any atom is 0.141 e. The third-order valence-electron chi connectivity index (χ3n) is 2.03. The van der Waals surface area contributed by atoms with Gasteiger partial charge in [0.2, 0.25) is 0 Å². The van der Waals surface area contributed by atoms with Gasteiger partial charge in [-0.05, 0) is 36.1 Å². The van der Waals surface area contributed by atoms with Gasteiger partial charge in [0, 0.05) is 12.7 Å². The van der Waals surface area contributed by atoms with Crippen molar-refractivity contribution >= 4 is 11.8 Å². The molecule has 15 heavy (non-hydrogen) atoms. The zero-order valence-electron chi connectivity index (χ0n) is 9.16. The lowest BCUT2D eigenvalue weighted by Crippen LogP contribution is -2.22. The van der Waals surface area contributed by atoms with Crippen molar-refractivity contribution in [1.29, 1.82) is 0 Å². The first-order valence-corrected chi connectivity index (χ1v) is 6.41. The molecule has 0 spiro atoms. The normalized spacial score (nSPS) is 12.7. The number of nitrogens with one attached hydrogen (secondary N) is 1. The summed E-state index contributed by atoms with van der Waals surface area (Å²) in [7, 11) is 0. The molecule has 1 atom stereocenters. The molecule has 1 rings (SSSR count). The highest BCUT2D eigenvalue weighted by Gasteiger charge is 2.01. The summed E-state index contributed by atoms with van der Waals surface area (Å²) in [6, 6.07) is 1.51. The number of nitrogens with zero attached hydrogens (tertiary/aromatic N) is 1. The van der Waals surface area contributed by atoms with Gasteiger partial charge in [0.15, 0.2) is 0 Å². The van der Waals surface area contributed by atoms with E-state index in [0.717, 1.165) is 17.9 Å². The van der Waals surface area contributed by atoms with Crippen molar-refractivity contribution in [3.8, 4) is 0 Å². The summed E-state index contributed by atoms with van der Waals surface area (Å²) in [6.07, 6.45) is 5.02. The third-order valence-corrected chi connectivity index (χ3v) is 2.94. The van der Waals surface area contributed by atoms with Crippen LogP contribution in [0.5, 0.6) is 0 Å². The molecule has 0 amide bonds. The summed E-state index contributed by atoms with van der Waals surface area (Å²) in [4.78, 5) is 3.80. The molecule has 0 saturated carbocycles. The fourth-order valence-electron chi connectivity index (χ4n) is 1.36. The monoisotopic (exact) mass is 228 g/mol. The van der Waals surface area contributed by atoms with E-state index in [1.807, 2.05) is 11.8 Å². The maximum atomic E-state index is 12.8. The Morgan fingerprint density at radius 1 is 1.53 bits per heavy atom. The van der Waals surface area contributed by atoms with Crippen molar-refractivity contribution in [2.45, 2.75) is 13.5 Å². The van der Waals surface area contributed by atoms with Gasteiger partial charge in [-0.2, -0.15) is 11.8 Å². The number of aromatic nitrogens is 1. The maximum absolute atomic E-state index is 12.8. The molecule has 0 radical (unpaired) electrons. The van der Waals surface area contributed by atoms with E-state index in [9.17, 15) is 4.39 Å². The van der Waals surface area contributed by atoms with Crippen LogP contribution in [0, 0.1) is 11.7 Å². The molecule has 2 nitrogen and oxygen atoms in total. The lowest BCUT2D eigenvalue weighted by atomic mass is 10.2. The standard InChI is InChI=1S/C11H17FN2S/c1-9(8-15-2)4-13-5-10-3-11(12)7-14-6-10/h3,6-7,9,13H,4-5,8H2,1-2H3. The van der Waals surface area contributed by atoms with E-state index in [4.69, 9.17) is 0 Å². The minimum absolute atomic E-state index is 0.272. The zero-order valence-corrected chi connectivity index (χ0v) is 9.98. The molecule has 0 aromatic carbocycles. The van der Waals surface area contributed by atoms with Crippen LogP contribution < -0.4 is 5.32 Å². The van der Waals surface area contributed by atoms with Crippen molar-refractivity contribution in [3.05, 3.63) is 29.8 Å². The van der Waals surface area contributed by atoms with Gasteiger partial charge in [-0.3, -0.25) is 4.98 Å². The molecular weight excluding hydrogens is 211 g/mol. The number of hydrogen-bond acceptors (Lipinski definition) is 3. The van der Waals surface area contributed by atoms with E-state index in [-0.39, 0.29) is 5.82 Å². The molecule has 1 unspecified atom stereocenters. The molecule has 1 aromatic rings. The first-order valence-electron chi connectivity index (χ1n) is 5.01. The molecule has 0 saturated heterocycles. The molecule has 0 aliphatic carbocycles. The lowest BCUT2D eigenvalue weighted by molar-refractivity contribution is 0.555. The van der Waals surface area contributed by atoms with Crippen molar-refractivity contribution in [1.82, 2.24) is 10.3 Å². The topological polar surface area (TPSA) is 24.9 Å². The minimum Gasteiger partial charge on any atom is -0.312 e. The van der Waals surface area contributed by atoms with Gasteiger partial charge >= 0.3 is 0 Å². The Bertz CT molecular complexity index is 294. The van der Waals surface area contributed by atoms with Crippen LogP contribution in [0.1, 0.15) is 12.5 Å². The minimum atomic E-state index is -0.272. The van der Waals surface area contributed by atoms with Crippen molar-refractivity contribution < 1.29 is 4.39 Å². The number of halogens is 1. The van der Waals surface area contributed by atoms with Gasteiger partial charge in [0.1, 0.15) is 5.82 Å². The van der Waals surface area contributed by atoms with Crippen molar-refractivity contribution in [2.75, 3.05) is 18.6 Å². The summed E-state index contributed by atoms with van der Waals surface area (Å²) in [6.45, 7) is 3.84. The Hall–Kier alpha value is -0.610.